The Balaban J connectivity index is 1.69. The van der Waals surface area contributed by atoms with E-state index in [1.807, 2.05) is 42.5 Å². The molecule has 0 radical (unpaired) electrons. The summed E-state index contributed by atoms with van der Waals surface area (Å²) >= 11 is 0. The zero-order valence-corrected chi connectivity index (χ0v) is 13.7. The SMILES string of the molecule is CCCOc1ccc(C=NNc2nc3ccccc3[nH]2)cc1OC. The summed E-state index contributed by atoms with van der Waals surface area (Å²) in [6, 6.07) is 13.5. The highest BCUT2D eigenvalue weighted by atomic mass is 16.5. The van der Waals surface area contributed by atoms with E-state index in [1.54, 1.807) is 13.3 Å². The van der Waals surface area contributed by atoms with Gasteiger partial charge in [-0.05, 0) is 42.3 Å². The molecule has 0 atom stereocenters. The van der Waals surface area contributed by atoms with Crippen LogP contribution in [-0.2, 0) is 0 Å². The Morgan fingerprint density at radius 2 is 2.08 bits per heavy atom. The lowest BCUT2D eigenvalue weighted by Gasteiger charge is -2.10. The van der Waals surface area contributed by atoms with Gasteiger partial charge in [0.25, 0.3) is 0 Å². The van der Waals surface area contributed by atoms with Crippen molar-refractivity contribution < 1.29 is 9.47 Å². The number of H-pyrrole nitrogens is 1. The zero-order valence-electron chi connectivity index (χ0n) is 13.7. The van der Waals surface area contributed by atoms with Crippen LogP contribution in [0.25, 0.3) is 11.0 Å². The Kier molecular flexibility index (Phi) is 4.96. The van der Waals surface area contributed by atoms with Crippen LogP contribution >= 0.6 is 0 Å². The number of hydrogen-bond acceptors (Lipinski definition) is 5. The number of imidazole rings is 1. The Bertz CT molecular complexity index is 809. The monoisotopic (exact) mass is 324 g/mol. The van der Waals surface area contributed by atoms with Crippen molar-refractivity contribution in [1.29, 1.82) is 0 Å². The van der Waals surface area contributed by atoms with Gasteiger partial charge in [-0.25, -0.2) is 10.4 Å². The summed E-state index contributed by atoms with van der Waals surface area (Å²) in [5, 5.41) is 4.21. The van der Waals surface area contributed by atoms with E-state index in [2.05, 4.69) is 27.4 Å². The summed E-state index contributed by atoms with van der Waals surface area (Å²) in [7, 11) is 1.63. The molecule has 0 aliphatic heterocycles. The number of rotatable bonds is 7. The number of nitrogens with zero attached hydrogens (tertiary/aromatic N) is 2. The smallest absolute Gasteiger partial charge is 0.222 e. The summed E-state index contributed by atoms with van der Waals surface area (Å²) in [4.78, 5) is 7.56. The summed E-state index contributed by atoms with van der Waals surface area (Å²) in [6.07, 6.45) is 2.66. The van der Waals surface area contributed by atoms with Gasteiger partial charge in [0.1, 0.15) is 0 Å². The molecule has 0 spiro atoms. The normalized spacial score (nSPS) is 11.1. The second-order valence-electron chi connectivity index (χ2n) is 5.23. The minimum absolute atomic E-state index is 0.599. The molecule has 0 unspecified atom stereocenters. The van der Waals surface area contributed by atoms with Crippen molar-refractivity contribution in [1.82, 2.24) is 9.97 Å². The molecule has 0 saturated carbocycles. The molecular weight excluding hydrogens is 304 g/mol. The van der Waals surface area contributed by atoms with Crippen molar-refractivity contribution in [3.63, 3.8) is 0 Å². The molecule has 2 aromatic carbocycles. The minimum Gasteiger partial charge on any atom is -0.493 e. The fraction of sp³-hybridized carbons (Fsp3) is 0.222. The highest BCUT2D eigenvalue weighted by molar-refractivity contribution is 5.82. The highest BCUT2D eigenvalue weighted by Gasteiger charge is 2.05. The first-order chi connectivity index (χ1) is 11.8. The van der Waals surface area contributed by atoms with Gasteiger partial charge < -0.3 is 14.5 Å². The molecule has 0 saturated heterocycles. The van der Waals surface area contributed by atoms with Crippen molar-refractivity contribution in [2.45, 2.75) is 13.3 Å². The number of para-hydroxylation sites is 2. The first-order valence-electron chi connectivity index (χ1n) is 7.85. The predicted octanol–water partition coefficient (Wildman–Crippen LogP) is 3.81. The highest BCUT2D eigenvalue weighted by Crippen LogP contribution is 2.27. The Hall–Kier alpha value is -3.02. The van der Waals surface area contributed by atoms with E-state index < -0.39 is 0 Å². The van der Waals surface area contributed by atoms with Crippen LogP contribution in [0.5, 0.6) is 11.5 Å². The molecule has 0 bridgehead atoms. The predicted molar refractivity (Wildman–Crippen MR) is 96.1 cm³/mol. The van der Waals surface area contributed by atoms with Crippen LogP contribution in [0.2, 0.25) is 0 Å². The Labute approximate surface area is 140 Å². The number of benzene rings is 2. The van der Waals surface area contributed by atoms with E-state index in [-0.39, 0.29) is 0 Å². The largest absolute Gasteiger partial charge is 0.493 e. The number of methoxy groups -OCH3 is 1. The van der Waals surface area contributed by atoms with E-state index in [0.717, 1.165) is 28.8 Å². The number of aromatic nitrogens is 2. The van der Waals surface area contributed by atoms with Crippen molar-refractivity contribution in [3.05, 3.63) is 48.0 Å². The second kappa shape index (κ2) is 7.50. The third-order valence-electron chi connectivity index (χ3n) is 3.42. The number of hydrogen-bond donors (Lipinski definition) is 2. The molecule has 3 aromatic rings. The third-order valence-corrected chi connectivity index (χ3v) is 3.42. The minimum atomic E-state index is 0.599. The number of nitrogens with one attached hydrogen (secondary N) is 2. The van der Waals surface area contributed by atoms with E-state index in [0.29, 0.717) is 18.3 Å². The van der Waals surface area contributed by atoms with Gasteiger partial charge in [0.2, 0.25) is 5.95 Å². The Morgan fingerprint density at radius 3 is 2.88 bits per heavy atom. The van der Waals surface area contributed by atoms with Crippen LogP contribution < -0.4 is 14.9 Å². The maximum atomic E-state index is 5.64. The molecule has 2 N–H and O–H groups in total. The lowest BCUT2D eigenvalue weighted by atomic mass is 10.2. The van der Waals surface area contributed by atoms with Gasteiger partial charge in [0, 0.05) is 0 Å². The van der Waals surface area contributed by atoms with E-state index in [4.69, 9.17) is 9.47 Å². The van der Waals surface area contributed by atoms with E-state index in [1.165, 1.54) is 0 Å². The van der Waals surface area contributed by atoms with Crippen LogP contribution in [0.15, 0.2) is 47.6 Å². The standard InChI is InChI=1S/C18H20N4O2/c1-3-10-24-16-9-8-13(11-17(16)23-2)12-19-22-18-20-14-6-4-5-7-15(14)21-18/h4-9,11-12H,3,10H2,1-2H3,(H2,20,21,22). The fourth-order valence-corrected chi connectivity index (χ4v) is 2.27. The quantitative estimate of drug-likeness (QED) is 0.512. The zero-order chi connectivity index (χ0) is 16.8. The lowest BCUT2D eigenvalue weighted by molar-refractivity contribution is 0.294. The molecule has 1 heterocycles. The summed E-state index contributed by atoms with van der Waals surface area (Å²) in [6.45, 7) is 2.73. The van der Waals surface area contributed by atoms with Crippen molar-refractivity contribution >= 4 is 23.2 Å². The number of hydrazone groups is 1. The third kappa shape index (κ3) is 3.65. The summed E-state index contributed by atoms with van der Waals surface area (Å²) < 4.78 is 11.0. The van der Waals surface area contributed by atoms with Crippen LogP contribution in [0.4, 0.5) is 5.95 Å². The van der Waals surface area contributed by atoms with Gasteiger partial charge in [-0.1, -0.05) is 19.1 Å². The maximum absolute atomic E-state index is 5.64. The topological polar surface area (TPSA) is 71.5 Å². The molecule has 0 amide bonds. The van der Waals surface area contributed by atoms with Gasteiger partial charge >= 0.3 is 0 Å². The maximum Gasteiger partial charge on any atom is 0.222 e. The van der Waals surface area contributed by atoms with Gasteiger partial charge in [-0.2, -0.15) is 5.10 Å². The van der Waals surface area contributed by atoms with Gasteiger partial charge in [-0.15, -0.1) is 0 Å². The van der Waals surface area contributed by atoms with Crippen LogP contribution in [-0.4, -0.2) is 29.9 Å². The van der Waals surface area contributed by atoms with Crippen LogP contribution in [0, 0.1) is 0 Å². The Morgan fingerprint density at radius 1 is 1.21 bits per heavy atom. The van der Waals surface area contributed by atoms with Crippen molar-refractivity contribution in [3.8, 4) is 11.5 Å². The van der Waals surface area contributed by atoms with Crippen LogP contribution in [0.3, 0.4) is 0 Å². The molecule has 1 aromatic heterocycles. The number of anilines is 1. The lowest BCUT2D eigenvalue weighted by Crippen LogP contribution is -1.99. The first-order valence-corrected chi connectivity index (χ1v) is 7.85. The molecule has 124 valence electrons. The summed E-state index contributed by atoms with van der Waals surface area (Å²) in [5.41, 5.74) is 5.67. The van der Waals surface area contributed by atoms with Crippen LogP contribution in [0.1, 0.15) is 18.9 Å². The van der Waals surface area contributed by atoms with Crippen molar-refractivity contribution in [2.75, 3.05) is 19.1 Å². The van der Waals surface area contributed by atoms with E-state index >= 15 is 0 Å². The molecule has 24 heavy (non-hydrogen) atoms. The van der Waals surface area contributed by atoms with Gasteiger partial charge in [-0.3, -0.25) is 0 Å². The number of fused-ring (bicyclic) bond motifs is 1. The molecular formula is C18H20N4O2. The average Bonchev–Trinajstić information content (AvgIpc) is 3.03. The molecule has 0 fully saturated rings. The molecule has 0 aliphatic carbocycles. The second-order valence-corrected chi connectivity index (χ2v) is 5.23. The molecule has 6 heteroatoms. The number of aromatic amines is 1. The molecule has 6 nitrogen and oxygen atoms in total. The van der Waals surface area contributed by atoms with E-state index in [9.17, 15) is 0 Å². The molecule has 0 aliphatic rings. The van der Waals surface area contributed by atoms with Crippen molar-refractivity contribution in [2.24, 2.45) is 5.10 Å². The molecule has 3 rings (SSSR count). The fourth-order valence-electron chi connectivity index (χ4n) is 2.27. The van der Waals surface area contributed by atoms with Gasteiger partial charge in [0.05, 0.1) is 31.0 Å². The first kappa shape index (κ1) is 15.9. The average molecular weight is 324 g/mol. The van der Waals surface area contributed by atoms with Gasteiger partial charge in [0.15, 0.2) is 11.5 Å². The number of ether oxygens (including phenoxy) is 2. The summed E-state index contributed by atoms with van der Waals surface area (Å²) in [5.74, 6) is 2.03.